The van der Waals surface area contributed by atoms with E-state index in [9.17, 15) is 0 Å². The first-order valence-electron chi connectivity index (χ1n) is 0. The molecule has 4 heteroatoms. The van der Waals surface area contributed by atoms with Crippen LogP contribution in [0.3, 0.4) is 0 Å². The molecule has 0 aliphatic heterocycles. The third kappa shape index (κ3) is 8.83. The average Bonchev–Trinajstić information content (AvgIpc) is 0. The molecule has 0 fully saturated rings. The van der Waals surface area contributed by atoms with Gasteiger partial charge in [-0.15, -0.1) is 0 Å². The van der Waals surface area contributed by atoms with Gasteiger partial charge in [0.15, 0.2) is 0 Å². The van der Waals surface area contributed by atoms with Gasteiger partial charge in [-0.1, -0.05) is 0 Å². The molecule has 0 aliphatic rings. The van der Waals surface area contributed by atoms with Gasteiger partial charge in [0.25, 0.3) is 0 Å². The minimum absolute atomic E-state index is 0. The summed E-state index contributed by atoms with van der Waals surface area (Å²) in [5.41, 5.74) is 0. The molecule has 0 unspecified atom stereocenters. The number of hydrogen-bond acceptors (Lipinski definition) is 0. The van der Waals surface area contributed by atoms with Crippen LogP contribution in [0.1, 0.15) is 0 Å². The second-order valence-corrected chi connectivity index (χ2v) is 0. The molecule has 0 bridgehead atoms. The van der Waals surface area contributed by atoms with Crippen LogP contribution in [0.2, 0.25) is 0 Å². The second-order valence-electron chi connectivity index (χ2n) is 0. The average molecular weight is 404 g/mol. The van der Waals surface area contributed by atoms with Crippen LogP contribution in [0.15, 0.2) is 0 Å². The molecule has 0 amide bonds. The maximum atomic E-state index is 0. The van der Waals surface area contributed by atoms with E-state index in [0.717, 1.165) is 0 Å². The van der Waals surface area contributed by atoms with Crippen LogP contribution in [-0.2, 0) is 39.4 Å². The summed E-state index contributed by atoms with van der Waals surface area (Å²) < 4.78 is 0. The Morgan fingerprint density at radius 2 is 1.00 bits per heavy atom. The molecule has 26 valence electrons. The number of hydrogen-bond donors (Lipinski definition) is 0. The summed E-state index contributed by atoms with van der Waals surface area (Å²) in [4.78, 5) is 0. The molecule has 0 aromatic heterocycles. The fourth-order valence-electron chi connectivity index (χ4n) is 0. The zero-order valence-electron chi connectivity index (χ0n) is 1.73. The van der Waals surface area contributed by atoms with Crippen molar-refractivity contribution >= 4 is 8.41 Å². The molecular weight excluding hydrogens is 404 g/mol. The van der Waals surface area contributed by atoms with E-state index in [-0.39, 0.29) is 89.6 Å². The van der Waals surface area contributed by atoms with Gasteiger partial charge in [-0.25, -0.2) is 0 Å². The second kappa shape index (κ2) is 17.3. The molecule has 4 radical (unpaired) electrons. The Kier molecular flexibility index (Phi) is 129. The van der Waals surface area contributed by atoms with Crippen LogP contribution in [0, 0.1) is 41.7 Å². The maximum Gasteiger partial charge on any atom is 0 e. The van der Waals surface area contributed by atoms with Gasteiger partial charge in [0.1, 0.15) is 0 Å². The van der Waals surface area contributed by atoms with E-state index in [0.29, 0.717) is 0 Å². The molecule has 0 spiro atoms. The van der Waals surface area contributed by atoms with Crippen molar-refractivity contribution in [3.05, 3.63) is 0 Å². The minimum atomic E-state index is 0. The number of rotatable bonds is 0. The normalized spacial score (nSPS) is 0. The van der Waals surface area contributed by atoms with Crippen molar-refractivity contribution in [2.45, 2.75) is 0 Å². The van der Waals surface area contributed by atoms with E-state index in [2.05, 4.69) is 0 Å². The van der Waals surface area contributed by atoms with E-state index < -0.39 is 0 Å². The predicted molar refractivity (Wildman–Crippen MR) is 5.75 cm³/mol. The molecule has 0 saturated heterocycles. The van der Waals surface area contributed by atoms with E-state index >= 15 is 0 Å². The summed E-state index contributed by atoms with van der Waals surface area (Å²) in [7, 11) is 0. The van der Waals surface area contributed by atoms with Crippen molar-refractivity contribution in [3.63, 3.8) is 0 Å². The SMILES string of the molecule is [Au].[B].[Ce].[Fe]. The molecule has 0 saturated carbocycles. The van der Waals surface area contributed by atoms with Crippen molar-refractivity contribution in [3.8, 4) is 0 Å². The van der Waals surface area contributed by atoms with Gasteiger partial charge in [0.2, 0.25) is 0 Å². The van der Waals surface area contributed by atoms with Crippen molar-refractivity contribution in [1.82, 2.24) is 0 Å². The Morgan fingerprint density at radius 1 is 1.00 bits per heavy atom. The zero-order valence-corrected chi connectivity index (χ0v) is 8.14. The molecule has 0 N–H and O–H groups in total. The monoisotopic (exact) mass is 404 g/mol. The molecule has 0 aliphatic carbocycles. The quantitative estimate of drug-likeness (QED) is 0.484. The third-order valence-corrected chi connectivity index (χ3v) is 0. The van der Waals surface area contributed by atoms with E-state index in [1.54, 1.807) is 0 Å². The Labute approximate surface area is 87.8 Å². The van der Waals surface area contributed by atoms with Crippen molar-refractivity contribution in [2.75, 3.05) is 0 Å². The van der Waals surface area contributed by atoms with E-state index in [1.165, 1.54) is 0 Å². The Hall–Kier alpha value is 2.70. The van der Waals surface area contributed by atoms with Crippen LogP contribution in [-0.4, -0.2) is 8.41 Å². The molecular formula is AuBCeFe. The smallest absolute Gasteiger partial charge is 0 e. The van der Waals surface area contributed by atoms with Crippen molar-refractivity contribution in [1.29, 1.82) is 0 Å². The van der Waals surface area contributed by atoms with Gasteiger partial charge in [0.05, 0.1) is 0 Å². The molecule has 0 heterocycles. The van der Waals surface area contributed by atoms with Gasteiger partial charge >= 0.3 is 0 Å². The zero-order chi connectivity index (χ0) is 0. The summed E-state index contributed by atoms with van der Waals surface area (Å²) in [6.45, 7) is 0. The van der Waals surface area contributed by atoms with Crippen molar-refractivity contribution < 1.29 is 81.2 Å². The summed E-state index contributed by atoms with van der Waals surface area (Å²) >= 11 is 0. The maximum absolute atomic E-state index is 0. The van der Waals surface area contributed by atoms with Crippen LogP contribution < -0.4 is 0 Å². The molecule has 0 rings (SSSR count). The topological polar surface area (TPSA) is 0 Å². The summed E-state index contributed by atoms with van der Waals surface area (Å²) in [5.74, 6) is 0. The Bertz CT molecular complexity index is 8.00. The van der Waals surface area contributed by atoms with Gasteiger partial charge < -0.3 is 0 Å². The molecule has 0 nitrogen and oxygen atoms in total. The summed E-state index contributed by atoms with van der Waals surface area (Å²) in [6, 6.07) is 0. The van der Waals surface area contributed by atoms with Crippen molar-refractivity contribution in [2.24, 2.45) is 0 Å². The first kappa shape index (κ1) is 29.9. The van der Waals surface area contributed by atoms with Gasteiger partial charge in [-0.05, 0) is 0 Å². The van der Waals surface area contributed by atoms with E-state index in [1.807, 2.05) is 0 Å². The predicted octanol–water partition coefficient (Wildman–Crippen LogP) is -0.386. The van der Waals surface area contributed by atoms with Crippen LogP contribution in [0.5, 0.6) is 0 Å². The summed E-state index contributed by atoms with van der Waals surface area (Å²) in [6.07, 6.45) is 0. The van der Waals surface area contributed by atoms with E-state index in [4.69, 9.17) is 0 Å². The van der Waals surface area contributed by atoms with Crippen LogP contribution in [0.25, 0.3) is 0 Å². The minimum Gasteiger partial charge on any atom is 0 e. The Morgan fingerprint density at radius 3 is 1.00 bits per heavy atom. The molecule has 0 atom stereocenters. The first-order chi connectivity index (χ1) is 0. The van der Waals surface area contributed by atoms with Crippen LogP contribution >= 0.6 is 0 Å². The molecule has 0 aromatic carbocycles. The standard InChI is InChI=1S/Au.B.Ce.Fe. The van der Waals surface area contributed by atoms with Crippen LogP contribution in [0.4, 0.5) is 0 Å². The fourth-order valence-corrected chi connectivity index (χ4v) is 0. The fraction of sp³-hybridized carbons (Fsp3) is 0. The largest absolute Gasteiger partial charge is 0 e. The first-order valence-corrected chi connectivity index (χ1v) is 0. The third-order valence-electron chi connectivity index (χ3n) is 0. The molecule has 4 heavy (non-hydrogen) atoms. The van der Waals surface area contributed by atoms with Gasteiger partial charge in [0, 0.05) is 89.6 Å². The molecule has 0 aromatic rings. The Balaban J connectivity index is 0. The van der Waals surface area contributed by atoms with Gasteiger partial charge in [-0.3, -0.25) is 0 Å². The van der Waals surface area contributed by atoms with Gasteiger partial charge in [-0.2, -0.15) is 0 Å². The summed E-state index contributed by atoms with van der Waals surface area (Å²) in [5, 5.41) is 0.